The Labute approximate surface area is 283 Å². The minimum atomic E-state index is -1.23. The van der Waals surface area contributed by atoms with Crippen molar-refractivity contribution in [2.75, 3.05) is 0 Å². The number of pyridine rings is 2. The smallest absolute Gasteiger partial charge is 0.123 e. The summed E-state index contributed by atoms with van der Waals surface area (Å²) in [6.45, 7) is 11.4. The molecule has 4 nitrogen and oxygen atoms in total. The van der Waals surface area contributed by atoms with Crippen molar-refractivity contribution in [1.82, 2.24) is 9.97 Å². The standard InChI is InChI=1S/C26H18NO2.C14H16NSi.Ir/c1-15(2)16-11-12-27-20(13-16)19-14-23-24(17-7-3-5-9-21(17)28-23)25-18-8-4-6-10-22(18)29-26(19)25;1-16(2,3)13-9-10-14(15-11-13)12-7-5-4-6-8-12;/h3-13,15H,1-2H3;4-7,9-11H,1-3H3;/q2*-1;. The van der Waals surface area contributed by atoms with E-state index in [1.165, 1.54) is 10.8 Å². The number of para-hydroxylation sites is 2. The predicted molar refractivity (Wildman–Crippen MR) is 189 cm³/mol. The second-order valence-electron chi connectivity index (χ2n) is 12.7. The van der Waals surface area contributed by atoms with Crippen molar-refractivity contribution in [3.63, 3.8) is 0 Å². The van der Waals surface area contributed by atoms with Crippen LogP contribution in [0.5, 0.6) is 0 Å². The Hall–Kier alpha value is -4.35. The number of nitrogens with zero attached hydrogens (tertiary/aromatic N) is 2. The Morgan fingerprint density at radius 3 is 2.07 bits per heavy atom. The number of fused-ring (bicyclic) bond motifs is 7. The van der Waals surface area contributed by atoms with Crippen LogP contribution in [0, 0.1) is 12.1 Å². The first-order chi connectivity index (χ1) is 21.8. The van der Waals surface area contributed by atoms with Gasteiger partial charge in [0.2, 0.25) is 0 Å². The number of furan rings is 2. The minimum Gasteiger partial charge on any atom is -0.501 e. The molecule has 0 saturated heterocycles. The van der Waals surface area contributed by atoms with Crippen LogP contribution in [0.4, 0.5) is 0 Å². The van der Waals surface area contributed by atoms with Crippen LogP contribution in [0.2, 0.25) is 19.6 Å². The number of aromatic nitrogens is 2. The predicted octanol–water partition coefficient (Wildman–Crippen LogP) is 10.6. The Morgan fingerprint density at radius 1 is 0.717 bits per heavy atom. The van der Waals surface area contributed by atoms with E-state index < -0.39 is 8.07 Å². The molecule has 8 aromatic rings. The number of hydrogen-bond acceptors (Lipinski definition) is 4. The third kappa shape index (κ3) is 5.96. The summed E-state index contributed by atoms with van der Waals surface area (Å²) in [5.41, 5.74) is 8.23. The van der Waals surface area contributed by atoms with Gasteiger partial charge in [-0.05, 0) is 56.9 Å². The van der Waals surface area contributed by atoms with Gasteiger partial charge in [-0.15, -0.1) is 35.9 Å². The Kier molecular flexibility index (Phi) is 8.80. The molecule has 231 valence electrons. The molecule has 0 aliphatic heterocycles. The molecule has 4 aromatic carbocycles. The van der Waals surface area contributed by atoms with Gasteiger partial charge in [0.1, 0.15) is 11.2 Å². The maximum Gasteiger partial charge on any atom is 0.123 e. The molecule has 0 bridgehead atoms. The van der Waals surface area contributed by atoms with Gasteiger partial charge < -0.3 is 18.8 Å². The van der Waals surface area contributed by atoms with Crippen molar-refractivity contribution in [2.45, 2.75) is 39.4 Å². The van der Waals surface area contributed by atoms with Gasteiger partial charge in [0, 0.05) is 37.9 Å². The van der Waals surface area contributed by atoms with E-state index in [2.05, 4.69) is 92.0 Å². The van der Waals surface area contributed by atoms with Crippen molar-refractivity contribution in [3.8, 4) is 22.5 Å². The van der Waals surface area contributed by atoms with E-state index in [9.17, 15) is 0 Å². The van der Waals surface area contributed by atoms with Crippen LogP contribution in [0.3, 0.4) is 0 Å². The first-order valence-electron chi connectivity index (χ1n) is 15.4. The summed E-state index contributed by atoms with van der Waals surface area (Å²) in [6, 6.07) is 39.4. The van der Waals surface area contributed by atoms with Crippen molar-refractivity contribution in [2.24, 2.45) is 0 Å². The minimum absolute atomic E-state index is 0. The number of benzene rings is 4. The molecule has 6 heteroatoms. The van der Waals surface area contributed by atoms with Gasteiger partial charge in [-0.25, -0.2) is 0 Å². The summed E-state index contributed by atoms with van der Waals surface area (Å²) >= 11 is 0. The zero-order chi connectivity index (χ0) is 31.1. The van der Waals surface area contributed by atoms with Crippen molar-refractivity contribution >= 4 is 57.1 Å². The zero-order valence-corrected chi connectivity index (χ0v) is 29.9. The second kappa shape index (κ2) is 12.8. The molecule has 0 spiro atoms. The first-order valence-corrected chi connectivity index (χ1v) is 18.9. The van der Waals surface area contributed by atoms with Gasteiger partial charge >= 0.3 is 0 Å². The fourth-order valence-corrected chi connectivity index (χ4v) is 6.73. The van der Waals surface area contributed by atoms with Crippen molar-refractivity contribution in [1.29, 1.82) is 0 Å². The third-order valence-electron chi connectivity index (χ3n) is 8.23. The molecule has 0 N–H and O–H groups in total. The van der Waals surface area contributed by atoms with Crippen LogP contribution in [-0.2, 0) is 20.1 Å². The van der Waals surface area contributed by atoms with E-state index in [1.807, 2.05) is 73.1 Å². The Morgan fingerprint density at radius 2 is 1.41 bits per heavy atom. The fourth-order valence-electron chi connectivity index (χ4n) is 5.69. The number of hydrogen-bond donors (Lipinski definition) is 0. The molecule has 0 unspecified atom stereocenters. The third-order valence-corrected chi connectivity index (χ3v) is 10.3. The van der Waals surface area contributed by atoms with Crippen LogP contribution in [0.15, 0.2) is 118 Å². The van der Waals surface area contributed by atoms with E-state index in [0.717, 1.165) is 66.4 Å². The van der Waals surface area contributed by atoms with E-state index in [1.54, 1.807) is 0 Å². The van der Waals surface area contributed by atoms with Crippen LogP contribution in [-0.4, -0.2) is 18.0 Å². The van der Waals surface area contributed by atoms with Crippen LogP contribution in [0.25, 0.3) is 66.4 Å². The number of rotatable bonds is 4. The van der Waals surface area contributed by atoms with Gasteiger partial charge in [0.25, 0.3) is 0 Å². The van der Waals surface area contributed by atoms with E-state index in [4.69, 9.17) is 8.83 Å². The van der Waals surface area contributed by atoms with Crippen molar-refractivity contribution < 1.29 is 28.9 Å². The molecule has 8 rings (SSSR count). The molecule has 1 radical (unpaired) electrons. The Balaban J connectivity index is 0.000000187. The molecule has 0 atom stereocenters. The van der Waals surface area contributed by atoms with Gasteiger partial charge in [-0.2, -0.15) is 0 Å². The SMILES string of the molecule is CC(C)c1ccnc(-c2[c-]c3oc4ccccc4c3c3c2oc2ccccc23)c1.C[Si](C)(C)c1ccc(-c2[c-]cccc2)nc1.[Ir]. The van der Waals surface area contributed by atoms with E-state index in [0.29, 0.717) is 5.92 Å². The summed E-state index contributed by atoms with van der Waals surface area (Å²) < 4.78 is 12.5. The van der Waals surface area contributed by atoms with E-state index >= 15 is 0 Å². The van der Waals surface area contributed by atoms with Gasteiger partial charge in [0.15, 0.2) is 0 Å². The van der Waals surface area contributed by atoms with Gasteiger partial charge in [0.05, 0.1) is 19.2 Å². The average molecular weight is 795 g/mol. The maximum atomic E-state index is 6.35. The molecule has 0 fully saturated rings. The molecular formula is C40H34IrN2O2Si-2. The zero-order valence-electron chi connectivity index (χ0n) is 26.5. The molecule has 0 amide bonds. The summed E-state index contributed by atoms with van der Waals surface area (Å²) in [7, 11) is -1.23. The summed E-state index contributed by atoms with van der Waals surface area (Å²) in [5, 5.41) is 5.66. The molecule has 0 saturated carbocycles. The van der Waals surface area contributed by atoms with Gasteiger partial charge in [-0.1, -0.05) is 105 Å². The molecule has 0 aliphatic carbocycles. The average Bonchev–Trinajstić information content (AvgIpc) is 3.63. The monoisotopic (exact) mass is 795 g/mol. The van der Waals surface area contributed by atoms with Gasteiger partial charge in [-0.3, -0.25) is 0 Å². The Bertz CT molecular complexity index is 2280. The first kappa shape index (κ1) is 31.6. The van der Waals surface area contributed by atoms with Crippen molar-refractivity contribution in [3.05, 3.63) is 127 Å². The van der Waals surface area contributed by atoms with Crippen LogP contribution in [0.1, 0.15) is 25.3 Å². The van der Waals surface area contributed by atoms with E-state index in [-0.39, 0.29) is 20.1 Å². The molecule has 46 heavy (non-hydrogen) atoms. The normalized spacial score (nSPS) is 11.6. The second-order valence-corrected chi connectivity index (χ2v) is 17.8. The largest absolute Gasteiger partial charge is 0.501 e. The fraction of sp³-hybridized carbons (Fsp3) is 0.150. The van der Waals surface area contributed by atoms with Crippen LogP contribution >= 0.6 is 0 Å². The maximum absolute atomic E-state index is 6.35. The summed E-state index contributed by atoms with van der Waals surface area (Å²) in [5.74, 6) is 0.415. The topological polar surface area (TPSA) is 52.1 Å². The molecule has 4 aromatic heterocycles. The molecule has 0 aliphatic rings. The quantitative estimate of drug-likeness (QED) is 0.132. The molecule has 4 heterocycles. The summed E-state index contributed by atoms with van der Waals surface area (Å²) in [4.78, 5) is 9.16. The molecular weight excluding hydrogens is 761 g/mol. The summed E-state index contributed by atoms with van der Waals surface area (Å²) in [6.07, 6.45) is 3.87. The van der Waals surface area contributed by atoms with Crippen LogP contribution < -0.4 is 5.19 Å².